The zero-order valence-corrected chi connectivity index (χ0v) is 15.6. The normalized spacial score (nSPS) is 15.2. The summed E-state index contributed by atoms with van der Waals surface area (Å²) in [5.41, 5.74) is 7.44. The van der Waals surface area contributed by atoms with Crippen molar-refractivity contribution < 1.29 is 14.5 Å². The third-order valence-electron chi connectivity index (χ3n) is 4.75. The number of thioether (sulfide) groups is 1. The van der Waals surface area contributed by atoms with Crippen LogP contribution in [-0.4, -0.2) is 34.4 Å². The summed E-state index contributed by atoms with van der Waals surface area (Å²) < 4.78 is 0. The van der Waals surface area contributed by atoms with Crippen LogP contribution in [0, 0.1) is 10.1 Å². The van der Waals surface area contributed by atoms with Gasteiger partial charge in [0.15, 0.2) is 0 Å². The molecule has 2 N–H and O–H groups in total. The van der Waals surface area contributed by atoms with Gasteiger partial charge in [-0.3, -0.25) is 19.7 Å². The van der Waals surface area contributed by atoms with Crippen molar-refractivity contribution in [2.24, 2.45) is 5.73 Å². The van der Waals surface area contributed by atoms with E-state index in [4.69, 9.17) is 5.73 Å². The van der Waals surface area contributed by atoms with Gasteiger partial charge in [0, 0.05) is 18.7 Å². The zero-order chi connectivity index (χ0) is 19.6. The second-order valence-corrected chi connectivity index (χ2v) is 7.37. The molecular formula is C19H19N3O4S. The minimum atomic E-state index is -0.731. The van der Waals surface area contributed by atoms with Gasteiger partial charge in [-0.2, -0.15) is 0 Å². The highest BCUT2D eigenvalue weighted by Crippen LogP contribution is 2.36. The fourth-order valence-corrected chi connectivity index (χ4v) is 4.22. The number of fused-ring (bicyclic) bond motifs is 1. The van der Waals surface area contributed by atoms with Gasteiger partial charge in [-0.25, -0.2) is 0 Å². The molecule has 0 saturated heterocycles. The Balaban J connectivity index is 1.71. The van der Waals surface area contributed by atoms with E-state index >= 15 is 0 Å². The smallest absolute Gasteiger partial charge is 0.283 e. The summed E-state index contributed by atoms with van der Waals surface area (Å²) in [7, 11) is 1.76. The fraction of sp³-hybridized carbons (Fsp3) is 0.263. The summed E-state index contributed by atoms with van der Waals surface area (Å²) in [6, 6.07) is 12.1. The number of hydrogen-bond acceptors (Lipinski definition) is 5. The molecule has 7 nitrogen and oxygen atoms in total. The number of nitrogens with zero attached hydrogens (tertiary/aromatic N) is 2. The number of rotatable bonds is 6. The molecule has 1 aliphatic carbocycles. The molecule has 27 heavy (non-hydrogen) atoms. The van der Waals surface area contributed by atoms with Crippen molar-refractivity contribution in [2.75, 3.05) is 12.8 Å². The molecule has 0 aromatic heterocycles. The lowest BCUT2D eigenvalue weighted by Gasteiger charge is -2.25. The van der Waals surface area contributed by atoms with E-state index in [2.05, 4.69) is 6.07 Å². The number of nitrogens with two attached hydrogens (primary N) is 1. The maximum absolute atomic E-state index is 12.6. The van der Waals surface area contributed by atoms with Gasteiger partial charge in [-0.1, -0.05) is 24.3 Å². The third kappa shape index (κ3) is 3.95. The molecule has 2 aromatic carbocycles. The van der Waals surface area contributed by atoms with Crippen molar-refractivity contribution in [2.45, 2.75) is 23.8 Å². The number of benzene rings is 2. The van der Waals surface area contributed by atoms with Crippen LogP contribution in [0.25, 0.3) is 0 Å². The average molecular weight is 385 g/mol. The van der Waals surface area contributed by atoms with Gasteiger partial charge in [0.05, 0.1) is 21.6 Å². The van der Waals surface area contributed by atoms with Gasteiger partial charge in [-0.15, -0.1) is 11.8 Å². The first-order chi connectivity index (χ1) is 12.9. The standard InChI is InChI=1S/C19H19N3O4S/c1-21(15-8-6-12-4-2-3-5-14(12)15)18(23)11-27-17-9-7-13(19(20)24)10-16(17)22(25)26/h2-5,7,9-10,15H,6,8,11H2,1H3,(H2,20,24). The Morgan fingerprint density at radius 2 is 2.04 bits per heavy atom. The Bertz CT molecular complexity index is 916. The van der Waals surface area contributed by atoms with E-state index in [1.807, 2.05) is 18.2 Å². The van der Waals surface area contributed by atoms with Crippen molar-refractivity contribution in [3.8, 4) is 0 Å². The number of amides is 2. The Morgan fingerprint density at radius 3 is 2.74 bits per heavy atom. The van der Waals surface area contributed by atoms with E-state index in [9.17, 15) is 19.7 Å². The highest BCUT2D eigenvalue weighted by molar-refractivity contribution is 8.00. The van der Waals surface area contributed by atoms with Crippen molar-refractivity contribution in [3.63, 3.8) is 0 Å². The maximum Gasteiger partial charge on any atom is 0.283 e. The maximum atomic E-state index is 12.6. The third-order valence-corrected chi connectivity index (χ3v) is 5.80. The number of nitro benzene ring substituents is 1. The quantitative estimate of drug-likeness (QED) is 0.467. The van der Waals surface area contributed by atoms with Crippen molar-refractivity contribution in [1.29, 1.82) is 0 Å². The van der Waals surface area contributed by atoms with Gasteiger partial charge < -0.3 is 10.6 Å². The molecule has 1 atom stereocenters. The number of hydrogen-bond donors (Lipinski definition) is 1. The second-order valence-electron chi connectivity index (χ2n) is 6.35. The molecule has 0 saturated carbocycles. The zero-order valence-electron chi connectivity index (χ0n) is 14.8. The largest absolute Gasteiger partial charge is 0.366 e. The number of carbonyl (C=O) groups excluding carboxylic acids is 2. The molecule has 0 aliphatic heterocycles. The van der Waals surface area contributed by atoms with E-state index in [0.29, 0.717) is 4.90 Å². The van der Waals surface area contributed by atoms with Crippen LogP contribution in [0.5, 0.6) is 0 Å². The highest BCUT2D eigenvalue weighted by Gasteiger charge is 2.28. The molecular weight excluding hydrogens is 366 g/mol. The summed E-state index contributed by atoms with van der Waals surface area (Å²) in [5, 5.41) is 11.3. The lowest BCUT2D eigenvalue weighted by Crippen LogP contribution is -2.31. The second kappa shape index (κ2) is 7.79. The molecule has 3 rings (SSSR count). The molecule has 2 amide bonds. The lowest BCUT2D eigenvalue weighted by molar-refractivity contribution is -0.387. The molecule has 0 bridgehead atoms. The fourth-order valence-electron chi connectivity index (χ4n) is 3.29. The predicted molar refractivity (Wildman–Crippen MR) is 103 cm³/mol. The van der Waals surface area contributed by atoms with Gasteiger partial charge in [0.2, 0.25) is 11.8 Å². The number of aryl methyl sites for hydroxylation is 1. The average Bonchev–Trinajstić information content (AvgIpc) is 3.09. The van der Waals surface area contributed by atoms with Gasteiger partial charge >= 0.3 is 0 Å². The van der Waals surface area contributed by atoms with Crippen molar-refractivity contribution in [1.82, 2.24) is 4.90 Å². The summed E-state index contributed by atoms with van der Waals surface area (Å²) in [6.07, 6.45) is 1.81. The van der Waals surface area contributed by atoms with Crippen LogP contribution < -0.4 is 5.73 Å². The first kappa shape index (κ1) is 18.9. The molecule has 140 valence electrons. The van der Waals surface area contributed by atoms with Crippen molar-refractivity contribution in [3.05, 3.63) is 69.3 Å². The Morgan fingerprint density at radius 1 is 1.30 bits per heavy atom. The van der Waals surface area contributed by atoms with E-state index in [1.165, 1.54) is 17.7 Å². The number of nitro groups is 1. The molecule has 0 spiro atoms. The van der Waals surface area contributed by atoms with Crippen LogP contribution in [0.2, 0.25) is 0 Å². The molecule has 1 unspecified atom stereocenters. The Labute approximate surface area is 160 Å². The summed E-state index contributed by atoms with van der Waals surface area (Å²) >= 11 is 1.09. The van der Waals surface area contributed by atoms with Gasteiger partial charge in [0.25, 0.3) is 5.69 Å². The Hall–Kier alpha value is -2.87. The molecule has 8 heteroatoms. The Kier molecular flexibility index (Phi) is 5.46. The van der Waals surface area contributed by atoms with Crippen LogP contribution in [0.15, 0.2) is 47.4 Å². The monoisotopic (exact) mass is 385 g/mol. The van der Waals surface area contributed by atoms with E-state index < -0.39 is 10.8 Å². The molecule has 1 aliphatic rings. The first-order valence-corrected chi connectivity index (χ1v) is 9.41. The first-order valence-electron chi connectivity index (χ1n) is 8.43. The van der Waals surface area contributed by atoms with Crippen LogP contribution in [-0.2, 0) is 11.2 Å². The molecule has 2 aromatic rings. The van der Waals surface area contributed by atoms with E-state index in [1.54, 1.807) is 11.9 Å². The summed E-state index contributed by atoms with van der Waals surface area (Å²) in [4.78, 5) is 36.6. The lowest BCUT2D eigenvalue weighted by atomic mass is 10.1. The van der Waals surface area contributed by atoms with Crippen LogP contribution in [0.3, 0.4) is 0 Å². The van der Waals surface area contributed by atoms with Gasteiger partial charge in [-0.05, 0) is 36.1 Å². The molecule has 0 fully saturated rings. The highest BCUT2D eigenvalue weighted by atomic mass is 32.2. The topological polar surface area (TPSA) is 107 Å². The number of primary amides is 1. The SMILES string of the molecule is CN(C(=O)CSc1ccc(C(N)=O)cc1[N+](=O)[O-])C1CCc2ccccc21. The van der Waals surface area contributed by atoms with Crippen LogP contribution >= 0.6 is 11.8 Å². The summed E-state index contributed by atoms with van der Waals surface area (Å²) in [5.74, 6) is -0.758. The van der Waals surface area contributed by atoms with Gasteiger partial charge in [0.1, 0.15) is 0 Å². The van der Waals surface area contributed by atoms with Crippen LogP contribution in [0.4, 0.5) is 5.69 Å². The predicted octanol–water partition coefficient (Wildman–Crippen LogP) is 2.93. The summed E-state index contributed by atoms with van der Waals surface area (Å²) in [6.45, 7) is 0. The number of carbonyl (C=O) groups is 2. The minimum absolute atomic E-state index is 0.0292. The van der Waals surface area contributed by atoms with E-state index in [0.717, 1.165) is 36.2 Å². The van der Waals surface area contributed by atoms with Crippen LogP contribution in [0.1, 0.15) is 33.9 Å². The minimum Gasteiger partial charge on any atom is -0.366 e. The molecule has 0 radical (unpaired) electrons. The van der Waals surface area contributed by atoms with Crippen molar-refractivity contribution >= 4 is 29.3 Å². The van der Waals surface area contributed by atoms with E-state index in [-0.39, 0.29) is 29.0 Å². The molecule has 0 heterocycles.